The van der Waals surface area contributed by atoms with Gasteiger partial charge in [0, 0.05) is 12.8 Å². The molecule has 0 atom stereocenters. The summed E-state index contributed by atoms with van der Waals surface area (Å²) in [5.41, 5.74) is 0.905. The van der Waals surface area contributed by atoms with Gasteiger partial charge in [-0.2, -0.15) is 0 Å². The van der Waals surface area contributed by atoms with Crippen LogP contribution in [0, 0.1) is 0 Å². The van der Waals surface area contributed by atoms with E-state index in [2.05, 4.69) is 41.5 Å². The van der Waals surface area contributed by atoms with Crippen molar-refractivity contribution in [3.8, 4) is 0 Å². The zero-order valence-electron chi connectivity index (χ0n) is 10.9. The third-order valence-electron chi connectivity index (χ3n) is 3.89. The molecule has 1 N–H and O–H groups in total. The maximum absolute atomic E-state index is 2.44. The molecule has 0 aromatic carbocycles. The predicted molar refractivity (Wildman–Crippen MR) is 62.7 cm³/mol. The summed E-state index contributed by atoms with van der Waals surface area (Å²) in [7, 11) is 0. The molecular weight excluding hydrogens is 170 g/mol. The van der Waals surface area contributed by atoms with Gasteiger partial charge < -0.3 is 4.90 Å². The summed E-state index contributed by atoms with van der Waals surface area (Å²) >= 11 is 0. The summed E-state index contributed by atoms with van der Waals surface area (Å²) in [6.07, 6.45) is 5.58. The first kappa shape index (κ1) is 12.0. The van der Waals surface area contributed by atoms with Crippen LogP contribution < -0.4 is 4.90 Å². The van der Waals surface area contributed by atoms with Crippen LogP contribution in [-0.2, 0) is 0 Å². The van der Waals surface area contributed by atoms with Gasteiger partial charge in [-0.25, -0.2) is 0 Å². The highest BCUT2D eigenvalue weighted by molar-refractivity contribution is 4.79. The van der Waals surface area contributed by atoms with E-state index in [-0.39, 0.29) is 0 Å². The van der Waals surface area contributed by atoms with Gasteiger partial charge in [0.25, 0.3) is 0 Å². The standard InChI is InChI=1S/C13H27N/c1-11(2)14-12(3,4)9-7-8-10-13(14,5)6/h11H,7-10H2,1-6H3/p+1. The average Bonchev–Trinajstić information content (AvgIpc) is 2.04. The van der Waals surface area contributed by atoms with Gasteiger partial charge in [0.2, 0.25) is 0 Å². The number of hydrogen-bond donors (Lipinski definition) is 1. The van der Waals surface area contributed by atoms with E-state index in [1.807, 2.05) is 0 Å². The van der Waals surface area contributed by atoms with E-state index in [1.165, 1.54) is 25.7 Å². The van der Waals surface area contributed by atoms with Crippen LogP contribution >= 0.6 is 0 Å². The largest absolute Gasteiger partial charge is 0.324 e. The zero-order valence-corrected chi connectivity index (χ0v) is 10.9. The van der Waals surface area contributed by atoms with Crippen molar-refractivity contribution in [3.63, 3.8) is 0 Å². The summed E-state index contributed by atoms with van der Waals surface area (Å²) in [6, 6.07) is 0.734. The Morgan fingerprint density at radius 3 is 1.50 bits per heavy atom. The summed E-state index contributed by atoms with van der Waals surface area (Å²) in [5.74, 6) is 0. The Morgan fingerprint density at radius 1 is 0.857 bits per heavy atom. The van der Waals surface area contributed by atoms with Gasteiger partial charge in [0.1, 0.15) is 0 Å². The highest BCUT2D eigenvalue weighted by atomic mass is 15.3. The maximum atomic E-state index is 2.44. The first-order chi connectivity index (χ1) is 6.27. The van der Waals surface area contributed by atoms with Gasteiger partial charge in [0.15, 0.2) is 0 Å². The molecule has 1 saturated heterocycles. The number of quaternary nitrogens is 1. The molecule has 0 saturated carbocycles. The molecular formula is C13H28N+. The Balaban J connectivity index is 2.97. The second-order valence-corrected chi connectivity index (χ2v) is 6.54. The van der Waals surface area contributed by atoms with Crippen molar-refractivity contribution in [1.82, 2.24) is 0 Å². The van der Waals surface area contributed by atoms with Gasteiger partial charge in [-0.05, 0) is 54.4 Å². The minimum absolute atomic E-state index is 0.453. The monoisotopic (exact) mass is 198 g/mol. The van der Waals surface area contributed by atoms with Gasteiger partial charge in [-0.1, -0.05) is 0 Å². The first-order valence-corrected chi connectivity index (χ1v) is 6.15. The fourth-order valence-electron chi connectivity index (χ4n) is 3.88. The van der Waals surface area contributed by atoms with Crippen LogP contribution in [0.25, 0.3) is 0 Å². The average molecular weight is 198 g/mol. The molecule has 0 bridgehead atoms. The molecule has 84 valence electrons. The van der Waals surface area contributed by atoms with E-state index in [1.54, 1.807) is 4.90 Å². The molecule has 0 aliphatic carbocycles. The second kappa shape index (κ2) is 3.84. The molecule has 1 nitrogen and oxygen atoms in total. The van der Waals surface area contributed by atoms with Crippen molar-refractivity contribution in [2.24, 2.45) is 0 Å². The predicted octanol–water partition coefficient (Wildman–Crippen LogP) is 2.41. The molecule has 1 heterocycles. The summed E-state index contributed by atoms with van der Waals surface area (Å²) < 4.78 is 0. The molecule has 0 aromatic rings. The number of nitrogens with one attached hydrogen (secondary N) is 1. The van der Waals surface area contributed by atoms with Crippen molar-refractivity contribution in [3.05, 3.63) is 0 Å². The first-order valence-electron chi connectivity index (χ1n) is 6.15. The highest BCUT2D eigenvalue weighted by Gasteiger charge is 2.44. The van der Waals surface area contributed by atoms with Crippen LogP contribution in [0.5, 0.6) is 0 Å². The number of likely N-dealkylation sites (tertiary alicyclic amines) is 1. The molecule has 1 aliphatic rings. The van der Waals surface area contributed by atoms with Crippen molar-refractivity contribution in [2.75, 3.05) is 0 Å². The minimum Gasteiger partial charge on any atom is -0.324 e. The molecule has 1 aliphatic heterocycles. The lowest BCUT2D eigenvalue weighted by Gasteiger charge is -2.46. The fourth-order valence-corrected chi connectivity index (χ4v) is 3.88. The Labute approximate surface area is 89.9 Å². The second-order valence-electron chi connectivity index (χ2n) is 6.54. The van der Waals surface area contributed by atoms with Crippen molar-refractivity contribution in [1.29, 1.82) is 0 Å². The van der Waals surface area contributed by atoms with Gasteiger partial charge in [-0.15, -0.1) is 0 Å². The molecule has 0 radical (unpaired) electrons. The van der Waals surface area contributed by atoms with E-state index >= 15 is 0 Å². The molecule has 0 unspecified atom stereocenters. The summed E-state index contributed by atoms with van der Waals surface area (Å²) in [6.45, 7) is 14.5. The van der Waals surface area contributed by atoms with Crippen LogP contribution in [0.15, 0.2) is 0 Å². The van der Waals surface area contributed by atoms with Gasteiger partial charge in [0.05, 0.1) is 17.1 Å². The molecule has 1 rings (SSSR count). The normalized spacial score (nSPS) is 27.6. The number of hydrogen-bond acceptors (Lipinski definition) is 0. The van der Waals surface area contributed by atoms with E-state index in [9.17, 15) is 0 Å². The van der Waals surface area contributed by atoms with Crippen LogP contribution in [0.1, 0.15) is 67.2 Å². The quantitative estimate of drug-likeness (QED) is 0.660. The van der Waals surface area contributed by atoms with Crippen molar-refractivity contribution in [2.45, 2.75) is 84.3 Å². The van der Waals surface area contributed by atoms with Crippen LogP contribution in [0.4, 0.5) is 0 Å². The van der Waals surface area contributed by atoms with E-state index < -0.39 is 0 Å². The Kier molecular flexibility index (Phi) is 3.30. The molecule has 0 aromatic heterocycles. The fraction of sp³-hybridized carbons (Fsp3) is 1.00. The van der Waals surface area contributed by atoms with Crippen molar-refractivity contribution < 1.29 is 4.90 Å². The topological polar surface area (TPSA) is 4.44 Å². The van der Waals surface area contributed by atoms with Crippen LogP contribution in [0.2, 0.25) is 0 Å². The third-order valence-corrected chi connectivity index (χ3v) is 3.89. The summed E-state index contributed by atoms with van der Waals surface area (Å²) in [4.78, 5) is 1.79. The van der Waals surface area contributed by atoms with E-state index in [0.29, 0.717) is 11.1 Å². The highest BCUT2D eigenvalue weighted by Crippen LogP contribution is 2.22. The molecule has 0 amide bonds. The minimum atomic E-state index is 0.453. The SMILES string of the molecule is CC(C)[NH+]1C(C)(C)CCCCC1(C)C. The lowest BCUT2D eigenvalue weighted by Crippen LogP contribution is -3.27. The Bertz CT molecular complexity index is 173. The molecule has 14 heavy (non-hydrogen) atoms. The van der Waals surface area contributed by atoms with Gasteiger partial charge in [-0.3, -0.25) is 0 Å². The Hall–Kier alpha value is -0.0400. The lowest BCUT2D eigenvalue weighted by atomic mass is 9.90. The number of rotatable bonds is 1. The van der Waals surface area contributed by atoms with Gasteiger partial charge >= 0.3 is 0 Å². The third kappa shape index (κ3) is 2.31. The van der Waals surface area contributed by atoms with Crippen molar-refractivity contribution >= 4 is 0 Å². The lowest BCUT2D eigenvalue weighted by molar-refractivity contribution is -1.01. The zero-order chi connectivity index (χ0) is 11.0. The molecule has 1 heteroatoms. The Morgan fingerprint density at radius 2 is 1.21 bits per heavy atom. The van der Waals surface area contributed by atoms with Crippen LogP contribution in [0.3, 0.4) is 0 Å². The molecule has 0 spiro atoms. The van der Waals surface area contributed by atoms with Crippen LogP contribution in [-0.4, -0.2) is 17.1 Å². The van der Waals surface area contributed by atoms with E-state index in [0.717, 1.165) is 6.04 Å². The molecule has 1 fully saturated rings. The summed E-state index contributed by atoms with van der Waals surface area (Å²) in [5, 5.41) is 0. The van der Waals surface area contributed by atoms with E-state index in [4.69, 9.17) is 0 Å². The maximum Gasteiger partial charge on any atom is 0.0925 e. The smallest absolute Gasteiger partial charge is 0.0925 e.